The molecule has 2 aromatic rings. The SMILES string of the molecule is CCC1NC(=O)CC1c1coc2ccccc12. The van der Waals surface area contributed by atoms with Gasteiger partial charge in [-0.1, -0.05) is 25.1 Å². The molecule has 3 rings (SSSR count). The number of nitrogens with one attached hydrogen (secondary N) is 1. The fourth-order valence-corrected chi connectivity index (χ4v) is 2.71. The third-order valence-corrected chi connectivity index (χ3v) is 3.59. The van der Waals surface area contributed by atoms with E-state index in [-0.39, 0.29) is 17.9 Å². The second-order valence-electron chi connectivity index (χ2n) is 4.58. The van der Waals surface area contributed by atoms with Crippen LogP contribution < -0.4 is 5.32 Å². The van der Waals surface area contributed by atoms with E-state index in [2.05, 4.69) is 18.3 Å². The minimum atomic E-state index is 0.145. The number of para-hydroxylation sites is 1. The van der Waals surface area contributed by atoms with E-state index in [4.69, 9.17) is 4.42 Å². The predicted molar refractivity (Wildman–Crippen MR) is 65.8 cm³/mol. The van der Waals surface area contributed by atoms with Crippen LogP contribution in [-0.2, 0) is 4.79 Å². The first-order chi connectivity index (χ1) is 8.29. The molecule has 1 amide bonds. The van der Waals surface area contributed by atoms with E-state index < -0.39 is 0 Å². The van der Waals surface area contributed by atoms with Gasteiger partial charge in [0, 0.05) is 29.3 Å². The lowest BCUT2D eigenvalue weighted by molar-refractivity contribution is -0.119. The van der Waals surface area contributed by atoms with E-state index >= 15 is 0 Å². The zero-order valence-electron chi connectivity index (χ0n) is 9.77. The van der Waals surface area contributed by atoms with Crippen molar-refractivity contribution in [3.05, 3.63) is 36.1 Å². The van der Waals surface area contributed by atoms with Crippen LogP contribution >= 0.6 is 0 Å². The van der Waals surface area contributed by atoms with Crippen molar-refractivity contribution < 1.29 is 9.21 Å². The van der Waals surface area contributed by atoms with Crippen molar-refractivity contribution in [3.8, 4) is 0 Å². The highest BCUT2D eigenvalue weighted by atomic mass is 16.3. The molecule has 0 radical (unpaired) electrons. The minimum absolute atomic E-state index is 0.145. The van der Waals surface area contributed by atoms with Gasteiger partial charge in [-0.05, 0) is 12.5 Å². The third-order valence-electron chi connectivity index (χ3n) is 3.59. The number of carbonyl (C=O) groups is 1. The highest BCUT2D eigenvalue weighted by molar-refractivity contribution is 5.85. The highest BCUT2D eigenvalue weighted by Crippen LogP contribution is 2.35. The Labute approximate surface area is 99.8 Å². The summed E-state index contributed by atoms with van der Waals surface area (Å²) in [6, 6.07) is 8.23. The third kappa shape index (κ3) is 1.62. The van der Waals surface area contributed by atoms with Crippen molar-refractivity contribution in [1.29, 1.82) is 0 Å². The number of amides is 1. The molecule has 2 atom stereocenters. The Hall–Kier alpha value is -1.77. The van der Waals surface area contributed by atoms with Gasteiger partial charge < -0.3 is 9.73 Å². The zero-order valence-corrected chi connectivity index (χ0v) is 9.77. The number of carbonyl (C=O) groups excluding carboxylic acids is 1. The fourth-order valence-electron chi connectivity index (χ4n) is 2.71. The molecule has 3 nitrogen and oxygen atoms in total. The van der Waals surface area contributed by atoms with Gasteiger partial charge in [0.2, 0.25) is 5.91 Å². The second-order valence-corrected chi connectivity index (χ2v) is 4.58. The maximum absolute atomic E-state index is 11.5. The second kappa shape index (κ2) is 3.91. The molecule has 1 aromatic heterocycles. The molecule has 1 aliphatic rings. The standard InChI is InChI=1S/C14H15NO2/c1-2-12-10(7-14(16)15-12)11-8-17-13-6-4-3-5-9(11)13/h3-6,8,10,12H,2,7H2,1H3,(H,15,16). The largest absolute Gasteiger partial charge is 0.464 e. The van der Waals surface area contributed by atoms with Crippen LogP contribution in [0.5, 0.6) is 0 Å². The maximum atomic E-state index is 11.5. The topological polar surface area (TPSA) is 42.2 Å². The molecule has 1 aliphatic heterocycles. The van der Waals surface area contributed by atoms with Gasteiger partial charge in [0.05, 0.1) is 6.26 Å². The van der Waals surface area contributed by atoms with Crippen molar-refractivity contribution in [1.82, 2.24) is 5.32 Å². The van der Waals surface area contributed by atoms with Crippen LogP contribution in [0.15, 0.2) is 34.9 Å². The van der Waals surface area contributed by atoms with Crippen LogP contribution in [0.4, 0.5) is 0 Å². The fraction of sp³-hybridized carbons (Fsp3) is 0.357. The van der Waals surface area contributed by atoms with Crippen LogP contribution in [-0.4, -0.2) is 11.9 Å². The van der Waals surface area contributed by atoms with E-state index in [1.54, 1.807) is 6.26 Å². The summed E-state index contributed by atoms with van der Waals surface area (Å²) in [6.07, 6.45) is 3.33. The lowest BCUT2D eigenvalue weighted by atomic mass is 9.90. The van der Waals surface area contributed by atoms with E-state index in [1.165, 1.54) is 0 Å². The van der Waals surface area contributed by atoms with Crippen molar-refractivity contribution in [2.45, 2.75) is 31.7 Å². The quantitative estimate of drug-likeness (QED) is 0.860. The van der Waals surface area contributed by atoms with E-state index in [0.717, 1.165) is 23.0 Å². The van der Waals surface area contributed by atoms with E-state index in [0.29, 0.717) is 6.42 Å². The number of hydrogen-bond acceptors (Lipinski definition) is 2. The molecule has 0 bridgehead atoms. The van der Waals surface area contributed by atoms with Gasteiger partial charge in [-0.3, -0.25) is 4.79 Å². The van der Waals surface area contributed by atoms with Gasteiger partial charge in [0.1, 0.15) is 5.58 Å². The molecule has 1 aromatic carbocycles. The first kappa shape index (κ1) is 10.4. The molecule has 1 saturated heterocycles. The van der Waals surface area contributed by atoms with Gasteiger partial charge >= 0.3 is 0 Å². The molecule has 17 heavy (non-hydrogen) atoms. The van der Waals surface area contributed by atoms with Crippen molar-refractivity contribution in [2.75, 3.05) is 0 Å². The summed E-state index contributed by atoms with van der Waals surface area (Å²) in [7, 11) is 0. The summed E-state index contributed by atoms with van der Waals surface area (Å²) in [5.41, 5.74) is 2.06. The van der Waals surface area contributed by atoms with E-state index in [1.807, 2.05) is 18.2 Å². The molecule has 88 valence electrons. The molecule has 0 spiro atoms. The molecule has 0 saturated carbocycles. The molecular formula is C14H15NO2. The van der Waals surface area contributed by atoms with Crippen LogP contribution in [0.25, 0.3) is 11.0 Å². The number of benzene rings is 1. The van der Waals surface area contributed by atoms with Crippen molar-refractivity contribution >= 4 is 16.9 Å². The van der Waals surface area contributed by atoms with Gasteiger partial charge in [0.15, 0.2) is 0 Å². The van der Waals surface area contributed by atoms with Gasteiger partial charge in [-0.2, -0.15) is 0 Å². The first-order valence-electron chi connectivity index (χ1n) is 6.05. The number of furan rings is 1. The monoisotopic (exact) mass is 229 g/mol. The Morgan fingerprint density at radius 2 is 2.24 bits per heavy atom. The minimum Gasteiger partial charge on any atom is -0.464 e. The maximum Gasteiger partial charge on any atom is 0.220 e. The van der Waals surface area contributed by atoms with Crippen LogP contribution in [0.3, 0.4) is 0 Å². The van der Waals surface area contributed by atoms with Gasteiger partial charge in [-0.25, -0.2) is 0 Å². The summed E-state index contributed by atoms with van der Waals surface area (Å²) in [5, 5.41) is 4.16. The number of rotatable bonds is 2. The number of fused-ring (bicyclic) bond motifs is 1. The Morgan fingerprint density at radius 3 is 3.06 bits per heavy atom. The summed E-state index contributed by atoms with van der Waals surface area (Å²) in [5.74, 6) is 0.392. The summed E-state index contributed by atoms with van der Waals surface area (Å²) >= 11 is 0. The summed E-state index contributed by atoms with van der Waals surface area (Å²) < 4.78 is 5.55. The van der Waals surface area contributed by atoms with Crippen LogP contribution in [0, 0.1) is 0 Å². The van der Waals surface area contributed by atoms with Crippen molar-refractivity contribution in [2.24, 2.45) is 0 Å². The first-order valence-corrected chi connectivity index (χ1v) is 6.05. The lowest BCUT2D eigenvalue weighted by Crippen LogP contribution is -2.27. The van der Waals surface area contributed by atoms with Crippen LogP contribution in [0.1, 0.15) is 31.2 Å². The molecule has 2 unspecified atom stereocenters. The highest BCUT2D eigenvalue weighted by Gasteiger charge is 2.33. The molecule has 2 heterocycles. The normalized spacial score (nSPS) is 24.2. The summed E-state index contributed by atoms with van der Waals surface area (Å²) in [6.45, 7) is 2.10. The smallest absolute Gasteiger partial charge is 0.220 e. The zero-order chi connectivity index (χ0) is 11.8. The number of hydrogen-bond donors (Lipinski definition) is 1. The average molecular weight is 229 g/mol. The Kier molecular flexibility index (Phi) is 2.39. The van der Waals surface area contributed by atoms with Crippen molar-refractivity contribution in [3.63, 3.8) is 0 Å². The Morgan fingerprint density at radius 1 is 1.41 bits per heavy atom. The summed E-state index contributed by atoms with van der Waals surface area (Å²) in [4.78, 5) is 11.5. The van der Waals surface area contributed by atoms with E-state index in [9.17, 15) is 4.79 Å². The van der Waals surface area contributed by atoms with Gasteiger partial charge in [-0.15, -0.1) is 0 Å². The molecular weight excluding hydrogens is 214 g/mol. The molecule has 0 aliphatic carbocycles. The molecule has 1 fully saturated rings. The van der Waals surface area contributed by atoms with Gasteiger partial charge in [0.25, 0.3) is 0 Å². The lowest BCUT2D eigenvalue weighted by Gasteiger charge is -2.15. The molecule has 3 heteroatoms. The predicted octanol–water partition coefficient (Wildman–Crippen LogP) is 2.81. The average Bonchev–Trinajstić information content (AvgIpc) is 2.91. The van der Waals surface area contributed by atoms with Crippen LogP contribution in [0.2, 0.25) is 0 Å². The Balaban J connectivity index is 2.06. The molecule has 1 N–H and O–H groups in total. The Bertz CT molecular complexity index is 558.